The second-order valence-electron chi connectivity index (χ2n) is 3.99. The Labute approximate surface area is 91.8 Å². The van der Waals surface area contributed by atoms with Crippen molar-refractivity contribution in [1.82, 2.24) is 0 Å². The van der Waals surface area contributed by atoms with Gasteiger partial charge in [-0.3, -0.25) is 0 Å². The number of hydrogen-bond acceptors (Lipinski definition) is 2. The van der Waals surface area contributed by atoms with Crippen LogP contribution in [0, 0.1) is 18.3 Å². The van der Waals surface area contributed by atoms with E-state index in [1.54, 1.807) is 0 Å². The summed E-state index contributed by atoms with van der Waals surface area (Å²) in [7, 11) is 0. The molecule has 1 aromatic rings. The molecule has 82 valence electrons. The van der Waals surface area contributed by atoms with Crippen molar-refractivity contribution >= 4 is 6.21 Å². The molecule has 0 aliphatic heterocycles. The molecule has 0 radical (unpaired) electrons. The van der Waals surface area contributed by atoms with Gasteiger partial charge < -0.3 is 10.1 Å². The quantitative estimate of drug-likeness (QED) is 0.734. The number of benzene rings is 1. The molecule has 1 unspecified atom stereocenters. The van der Waals surface area contributed by atoms with E-state index < -0.39 is 0 Å². The molecule has 2 nitrogen and oxygen atoms in total. The first-order valence-electron chi connectivity index (χ1n) is 5.41. The fourth-order valence-corrected chi connectivity index (χ4v) is 1.27. The third-order valence-corrected chi connectivity index (χ3v) is 2.59. The van der Waals surface area contributed by atoms with Crippen LogP contribution in [0.1, 0.15) is 31.4 Å². The van der Waals surface area contributed by atoms with Gasteiger partial charge in [-0.05, 0) is 42.2 Å². The van der Waals surface area contributed by atoms with Gasteiger partial charge in [0.25, 0.3) is 0 Å². The molecule has 0 aromatic heterocycles. The van der Waals surface area contributed by atoms with Gasteiger partial charge in [0, 0.05) is 6.21 Å². The molecule has 0 saturated heterocycles. The minimum absolute atomic E-state index is 0.590. The molecule has 1 rings (SSSR count). The van der Waals surface area contributed by atoms with Crippen LogP contribution >= 0.6 is 0 Å². The normalized spacial score (nSPS) is 12.2. The van der Waals surface area contributed by atoms with Gasteiger partial charge >= 0.3 is 0 Å². The lowest BCUT2D eigenvalue weighted by atomic mass is 10.1. The van der Waals surface area contributed by atoms with Crippen LogP contribution in [0.5, 0.6) is 5.75 Å². The molecular weight excluding hydrogens is 186 g/mol. The van der Waals surface area contributed by atoms with E-state index in [0.29, 0.717) is 5.92 Å². The van der Waals surface area contributed by atoms with Crippen molar-refractivity contribution in [3.63, 3.8) is 0 Å². The van der Waals surface area contributed by atoms with Crippen molar-refractivity contribution in [3.05, 3.63) is 29.3 Å². The van der Waals surface area contributed by atoms with Gasteiger partial charge in [0.05, 0.1) is 6.61 Å². The Bertz CT molecular complexity index is 333. The van der Waals surface area contributed by atoms with Crippen LogP contribution in [0.4, 0.5) is 0 Å². The van der Waals surface area contributed by atoms with Gasteiger partial charge in [-0.1, -0.05) is 20.3 Å². The number of ether oxygens (including phenoxy) is 1. The van der Waals surface area contributed by atoms with Crippen LogP contribution in [0.3, 0.4) is 0 Å². The predicted octanol–water partition coefficient (Wildman–Crippen LogP) is 3.42. The summed E-state index contributed by atoms with van der Waals surface area (Å²) >= 11 is 0. The summed E-state index contributed by atoms with van der Waals surface area (Å²) in [5, 5.41) is 7.14. The maximum Gasteiger partial charge on any atom is 0.122 e. The first-order chi connectivity index (χ1) is 7.17. The van der Waals surface area contributed by atoms with Crippen LogP contribution in [0.2, 0.25) is 0 Å². The minimum Gasteiger partial charge on any atom is -0.493 e. The van der Waals surface area contributed by atoms with Gasteiger partial charge in [0.1, 0.15) is 5.75 Å². The van der Waals surface area contributed by atoms with Gasteiger partial charge in [0.15, 0.2) is 0 Å². The van der Waals surface area contributed by atoms with Crippen molar-refractivity contribution in [2.75, 3.05) is 6.61 Å². The van der Waals surface area contributed by atoms with E-state index in [2.05, 4.69) is 13.8 Å². The Kier molecular flexibility index (Phi) is 4.35. The molecule has 0 aliphatic rings. The Morgan fingerprint density at radius 3 is 2.73 bits per heavy atom. The predicted molar refractivity (Wildman–Crippen MR) is 64.0 cm³/mol. The summed E-state index contributed by atoms with van der Waals surface area (Å²) in [5.74, 6) is 1.52. The van der Waals surface area contributed by atoms with Gasteiger partial charge in [0.2, 0.25) is 0 Å². The van der Waals surface area contributed by atoms with Crippen LogP contribution in [-0.4, -0.2) is 12.8 Å². The zero-order valence-corrected chi connectivity index (χ0v) is 9.71. The Morgan fingerprint density at radius 2 is 2.20 bits per heavy atom. The van der Waals surface area contributed by atoms with E-state index in [1.165, 1.54) is 6.21 Å². The molecule has 0 fully saturated rings. The Hall–Kier alpha value is -1.31. The van der Waals surface area contributed by atoms with E-state index in [4.69, 9.17) is 10.1 Å². The second kappa shape index (κ2) is 5.54. The third-order valence-electron chi connectivity index (χ3n) is 2.59. The highest BCUT2D eigenvalue weighted by Crippen LogP contribution is 2.19. The Morgan fingerprint density at radius 1 is 1.47 bits per heavy atom. The minimum atomic E-state index is 0.590. The number of nitrogens with one attached hydrogen (secondary N) is 1. The van der Waals surface area contributed by atoms with Crippen molar-refractivity contribution in [2.45, 2.75) is 27.2 Å². The molecule has 15 heavy (non-hydrogen) atoms. The lowest BCUT2D eigenvalue weighted by molar-refractivity contribution is 0.255. The smallest absolute Gasteiger partial charge is 0.122 e. The standard InChI is InChI=1S/C13H19NO/c1-4-10(2)9-15-13-6-5-12(8-14)7-11(13)3/h5-8,10,14H,4,9H2,1-3H3. The van der Waals surface area contributed by atoms with E-state index in [0.717, 1.165) is 29.9 Å². The number of aryl methyl sites for hydroxylation is 1. The fraction of sp³-hybridized carbons (Fsp3) is 0.462. The summed E-state index contributed by atoms with van der Waals surface area (Å²) in [6, 6.07) is 5.82. The summed E-state index contributed by atoms with van der Waals surface area (Å²) in [6.45, 7) is 7.13. The molecule has 0 aliphatic carbocycles. The molecule has 0 spiro atoms. The largest absolute Gasteiger partial charge is 0.493 e. The highest BCUT2D eigenvalue weighted by atomic mass is 16.5. The third kappa shape index (κ3) is 3.39. The molecule has 1 N–H and O–H groups in total. The average Bonchev–Trinajstić information content (AvgIpc) is 2.26. The van der Waals surface area contributed by atoms with E-state index in [1.807, 2.05) is 25.1 Å². The van der Waals surface area contributed by atoms with E-state index in [9.17, 15) is 0 Å². The molecule has 0 heterocycles. The first kappa shape index (κ1) is 11.8. The topological polar surface area (TPSA) is 33.1 Å². The molecule has 0 amide bonds. The summed E-state index contributed by atoms with van der Waals surface area (Å²) in [5.41, 5.74) is 2.02. The van der Waals surface area contributed by atoms with Crippen LogP contribution in [0.15, 0.2) is 18.2 Å². The van der Waals surface area contributed by atoms with Crippen molar-refractivity contribution in [2.24, 2.45) is 5.92 Å². The molecule has 0 bridgehead atoms. The highest BCUT2D eigenvalue weighted by Gasteiger charge is 2.03. The SMILES string of the molecule is CCC(C)COc1ccc(C=N)cc1C. The van der Waals surface area contributed by atoms with Crippen LogP contribution < -0.4 is 4.74 Å². The van der Waals surface area contributed by atoms with E-state index in [-0.39, 0.29) is 0 Å². The van der Waals surface area contributed by atoms with Crippen molar-refractivity contribution < 1.29 is 4.74 Å². The van der Waals surface area contributed by atoms with Gasteiger partial charge in [-0.15, -0.1) is 0 Å². The molecule has 1 atom stereocenters. The molecule has 0 saturated carbocycles. The lowest BCUT2D eigenvalue weighted by Crippen LogP contribution is -2.08. The molecular formula is C13H19NO. The summed E-state index contributed by atoms with van der Waals surface area (Å²) in [4.78, 5) is 0. The summed E-state index contributed by atoms with van der Waals surface area (Å²) in [6.07, 6.45) is 2.49. The zero-order valence-electron chi connectivity index (χ0n) is 9.71. The van der Waals surface area contributed by atoms with Crippen molar-refractivity contribution in [1.29, 1.82) is 5.41 Å². The second-order valence-corrected chi connectivity index (χ2v) is 3.99. The number of rotatable bonds is 5. The molecule has 1 aromatic carbocycles. The Balaban J connectivity index is 2.65. The van der Waals surface area contributed by atoms with Crippen LogP contribution in [0.25, 0.3) is 0 Å². The van der Waals surface area contributed by atoms with Crippen LogP contribution in [-0.2, 0) is 0 Å². The zero-order chi connectivity index (χ0) is 11.3. The highest BCUT2D eigenvalue weighted by molar-refractivity contribution is 5.77. The summed E-state index contributed by atoms with van der Waals surface area (Å²) < 4.78 is 5.71. The molecule has 2 heteroatoms. The van der Waals surface area contributed by atoms with Gasteiger partial charge in [-0.25, -0.2) is 0 Å². The maximum atomic E-state index is 7.14. The van der Waals surface area contributed by atoms with E-state index >= 15 is 0 Å². The van der Waals surface area contributed by atoms with Gasteiger partial charge in [-0.2, -0.15) is 0 Å². The number of hydrogen-bond donors (Lipinski definition) is 1. The first-order valence-corrected chi connectivity index (χ1v) is 5.41. The lowest BCUT2D eigenvalue weighted by Gasteiger charge is -2.13. The van der Waals surface area contributed by atoms with Crippen molar-refractivity contribution in [3.8, 4) is 5.75 Å². The fourth-order valence-electron chi connectivity index (χ4n) is 1.27. The average molecular weight is 205 g/mol. The monoisotopic (exact) mass is 205 g/mol. The maximum absolute atomic E-state index is 7.14.